The van der Waals surface area contributed by atoms with Gasteiger partial charge in [-0.1, -0.05) is 30.9 Å². The molecule has 1 amide bonds. The minimum absolute atomic E-state index is 0.0214. The number of aliphatic hydroxyl groups is 1. The summed E-state index contributed by atoms with van der Waals surface area (Å²) in [6, 6.07) is 3.74. The Morgan fingerprint density at radius 2 is 1.86 bits per heavy atom. The standard InChI is InChI=1S/C22H29ClN2O2S/c23-18-7-6-17(21(24-18)28-16-4-2-1-3-5-16)20(26)25-19-14-8-13-9-15(19)12-22(27,10-13)11-14/h6-7,13-16,19,27H,1-5,8-12H2,(H,25,26). The summed E-state index contributed by atoms with van der Waals surface area (Å²) < 4.78 is 0. The summed E-state index contributed by atoms with van der Waals surface area (Å²) in [4.78, 5) is 17.7. The molecule has 6 heteroatoms. The summed E-state index contributed by atoms with van der Waals surface area (Å²) in [7, 11) is 0. The highest BCUT2D eigenvalue weighted by molar-refractivity contribution is 7.99. The molecule has 2 atom stereocenters. The number of carbonyl (C=O) groups excluding carboxylic acids is 1. The van der Waals surface area contributed by atoms with Crippen molar-refractivity contribution in [3.8, 4) is 0 Å². The fraction of sp³-hybridized carbons (Fsp3) is 0.727. The quantitative estimate of drug-likeness (QED) is 0.685. The number of hydrogen-bond acceptors (Lipinski definition) is 4. The minimum Gasteiger partial charge on any atom is -0.390 e. The average molecular weight is 421 g/mol. The first-order chi connectivity index (χ1) is 13.5. The zero-order valence-electron chi connectivity index (χ0n) is 16.2. The SMILES string of the molecule is O=C(NC1C2CC3CC1CC(O)(C3)C2)c1ccc(Cl)nc1SC1CCCCC1. The van der Waals surface area contributed by atoms with Crippen molar-refractivity contribution in [2.75, 3.05) is 0 Å². The van der Waals surface area contributed by atoms with E-state index in [0.717, 1.165) is 37.1 Å². The Bertz CT molecular complexity index is 751. The lowest BCUT2D eigenvalue weighted by Gasteiger charge is -2.58. The zero-order valence-corrected chi connectivity index (χ0v) is 17.8. The molecule has 5 saturated carbocycles. The van der Waals surface area contributed by atoms with Crippen LogP contribution in [0, 0.1) is 17.8 Å². The molecule has 5 fully saturated rings. The van der Waals surface area contributed by atoms with Gasteiger partial charge in [-0.2, -0.15) is 0 Å². The van der Waals surface area contributed by atoms with Crippen LogP contribution < -0.4 is 5.32 Å². The molecular weight excluding hydrogens is 392 g/mol. The van der Waals surface area contributed by atoms with Gasteiger partial charge in [0.15, 0.2) is 0 Å². The molecule has 5 aliphatic rings. The first-order valence-electron chi connectivity index (χ1n) is 10.9. The third-order valence-electron chi connectivity index (χ3n) is 7.44. The Hall–Kier alpha value is -0.780. The molecule has 0 aliphatic heterocycles. The molecule has 0 aromatic carbocycles. The van der Waals surface area contributed by atoms with Crippen LogP contribution in [0.2, 0.25) is 5.15 Å². The first kappa shape index (κ1) is 19.2. The van der Waals surface area contributed by atoms with Crippen molar-refractivity contribution in [2.24, 2.45) is 17.8 Å². The Balaban J connectivity index is 1.33. The van der Waals surface area contributed by atoms with Gasteiger partial charge in [0.1, 0.15) is 10.2 Å². The summed E-state index contributed by atoms with van der Waals surface area (Å²) >= 11 is 7.89. The van der Waals surface area contributed by atoms with E-state index in [2.05, 4.69) is 10.3 Å². The minimum atomic E-state index is -0.471. The maximum absolute atomic E-state index is 13.2. The van der Waals surface area contributed by atoms with Crippen LogP contribution in [-0.2, 0) is 0 Å². The van der Waals surface area contributed by atoms with Crippen LogP contribution in [0.25, 0.3) is 0 Å². The van der Waals surface area contributed by atoms with Crippen LogP contribution in [0.1, 0.15) is 74.6 Å². The van der Waals surface area contributed by atoms with Crippen molar-refractivity contribution in [1.29, 1.82) is 0 Å². The number of nitrogens with zero attached hydrogens (tertiary/aromatic N) is 1. The van der Waals surface area contributed by atoms with Crippen molar-refractivity contribution in [3.63, 3.8) is 0 Å². The molecule has 5 aliphatic carbocycles. The summed E-state index contributed by atoms with van der Waals surface area (Å²) in [5.41, 5.74) is 0.189. The van der Waals surface area contributed by atoms with Gasteiger partial charge in [0.25, 0.3) is 5.91 Å². The van der Waals surface area contributed by atoms with Crippen molar-refractivity contribution in [1.82, 2.24) is 10.3 Å². The number of rotatable bonds is 4. The lowest BCUT2D eigenvalue weighted by molar-refractivity contribution is -0.136. The predicted octanol–water partition coefficient (Wildman–Crippen LogP) is 4.83. The fourth-order valence-electron chi connectivity index (χ4n) is 6.47. The fourth-order valence-corrected chi connectivity index (χ4v) is 7.99. The molecule has 152 valence electrons. The van der Waals surface area contributed by atoms with Gasteiger partial charge in [-0.15, -0.1) is 11.8 Å². The van der Waals surface area contributed by atoms with Gasteiger partial charge in [0, 0.05) is 11.3 Å². The second-order valence-corrected chi connectivity index (χ2v) is 11.2. The molecule has 1 heterocycles. The third-order valence-corrected chi connectivity index (χ3v) is 8.99. The summed E-state index contributed by atoms with van der Waals surface area (Å²) in [6.45, 7) is 0. The second kappa shape index (κ2) is 7.48. The number of halogens is 1. The van der Waals surface area contributed by atoms with Crippen LogP contribution in [0.4, 0.5) is 0 Å². The molecule has 4 bridgehead atoms. The van der Waals surface area contributed by atoms with Gasteiger partial charge in [0.2, 0.25) is 0 Å². The Morgan fingerprint density at radius 3 is 2.54 bits per heavy atom. The average Bonchev–Trinajstić information content (AvgIpc) is 2.64. The number of thioether (sulfide) groups is 1. The van der Waals surface area contributed by atoms with Gasteiger partial charge in [0.05, 0.1) is 11.2 Å². The van der Waals surface area contributed by atoms with E-state index < -0.39 is 5.60 Å². The molecule has 0 radical (unpaired) electrons. The van der Waals surface area contributed by atoms with Gasteiger partial charge in [-0.3, -0.25) is 4.79 Å². The number of aromatic nitrogens is 1. The van der Waals surface area contributed by atoms with Crippen LogP contribution in [0.5, 0.6) is 0 Å². The third kappa shape index (κ3) is 3.70. The van der Waals surface area contributed by atoms with Crippen molar-refractivity contribution >= 4 is 29.3 Å². The molecule has 0 spiro atoms. The highest BCUT2D eigenvalue weighted by Crippen LogP contribution is 2.55. The van der Waals surface area contributed by atoms with Crippen LogP contribution >= 0.6 is 23.4 Å². The molecule has 4 nitrogen and oxygen atoms in total. The molecule has 2 unspecified atom stereocenters. The van der Waals surface area contributed by atoms with E-state index in [4.69, 9.17) is 11.6 Å². The number of nitrogens with one attached hydrogen (secondary N) is 1. The highest BCUT2D eigenvalue weighted by atomic mass is 35.5. The topological polar surface area (TPSA) is 62.2 Å². The van der Waals surface area contributed by atoms with Gasteiger partial charge < -0.3 is 10.4 Å². The van der Waals surface area contributed by atoms with E-state index in [0.29, 0.717) is 33.7 Å². The van der Waals surface area contributed by atoms with Crippen molar-refractivity contribution < 1.29 is 9.90 Å². The number of hydrogen-bond donors (Lipinski definition) is 2. The van der Waals surface area contributed by atoms with E-state index >= 15 is 0 Å². The van der Waals surface area contributed by atoms with E-state index in [1.165, 1.54) is 32.1 Å². The van der Waals surface area contributed by atoms with E-state index in [1.54, 1.807) is 17.8 Å². The van der Waals surface area contributed by atoms with E-state index in [9.17, 15) is 9.90 Å². The van der Waals surface area contributed by atoms with Crippen LogP contribution in [0.3, 0.4) is 0 Å². The zero-order chi connectivity index (χ0) is 19.3. The molecule has 0 saturated heterocycles. The Kier molecular flexibility index (Phi) is 5.13. The van der Waals surface area contributed by atoms with Gasteiger partial charge >= 0.3 is 0 Å². The molecule has 1 aromatic rings. The predicted molar refractivity (Wildman–Crippen MR) is 112 cm³/mol. The largest absolute Gasteiger partial charge is 0.390 e. The maximum Gasteiger partial charge on any atom is 0.254 e. The monoisotopic (exact) mass is 420 g/mol. The van der Waals surface area contributed by atoms with Crippen molar-refractivity contribution in [2.45, 2.75) is 86.1 Å². The van der Waals surface area contributed by atoms with E-state index in [-0.39, 0.29) is 11.9 Å². The molecule has 6 rings (SSSR count). The normalized spacial score (nSPS) is 37.2. The molecule has 2 N–H and O–H groups in total. The molecule has 1 aromatic heterocycles. The smallest absolute Gasteiger partial charge is 0.254 e. The summed E-state index contributed by atoms with van der Waals surface area (Å²) in [5, 5.41) is 15.9. The first-order valence-corrected chi connectivity index (χ1v) is 12.1. The van der Waals surface area contributed by atoms with Crippen LogP contribution in [-0.4, -0.2) is 32.9 Å². The van der Waals surface area contributed by atoms with Gasteiger partial charge in [-0.25, -0.2) is 4.98 Å². The lowest BCUT2D eigenvalue weighted by Crippen LogP contribution is -2.61. The second-order valence-electron chi connectivity index (χ2n) is 9.56. The molecule has 28 heavy (non-hydrogen) atoms. The Morgan fingerprint density at radius 1 is 1.14 bits per heavy atom. The molecular formula is C22H29ClN2O2S. The number of amides is 1. The Labute approximate surface area is 176 Å². The highest BCUT2D eigenvalue weighted by Gasteiger charge is 2.55. The summed E-state index contributed by atoms with van der Waals surface area (Å²) in [5.74, 6) is 1.45. The number of carbonyl (C=O) groups is 1. The van der Waals surface area contributed by atoms with Crippen molar-refractivity contribution in [3.05, 3.63) is 22.8 Å². The maximum atomic E-state index is 13.2. The van der Waals surface area contributed by atoms with Crippen LogP contribution in [0.15, 0.2) is 17.2 Å². The van der Waals surface area contributed by atoms with Gasteiger partial charge in [-0.05, 0) is 74.8 Å². The summed E-state index contributed by atoms with van der Waals surface area (Å²) in [6.07, 6.45) is 11.1. The van der Waals surface area contributed by atoms with E-state index in [1.807, 2.05) is 6.07 Å². The lowest BCUT2D eigenvalue weighted by atomic mass is 9.52. The number of pyridine rings is 1.